The molecule has 1 unspecified atom stereocenters. The quantitative estimate of drug-likeness (QED) is 0.451. The van der Waals surface area contributed by atoms with Gasteiger partial charge in [-0.3, -0.25) is 9.59 Å². The Morgan fingerprint density at radius 2 is 1.68 bits per heavy atom. The van der Waals surface area contributed by atoms with Crippen LogP contribution in [0.15, 0.2) is 24.3 Å². The van der Waals surface area contributed by atoms with Gasteiger partial charge in [0.05, 0.1) is 27.2 Å². The molecule has 0 aliphatic heterocycles. The zero-order valence-electron chi connectivity index (χ0n) is 18.0. The highest BCUT2D eigenvalue weighted by atomic mass is 16.6. The van der Waals surface area contributed by atoms with Gasteiger partial charge in [-0.15, -0.1) is 0 Å². The molecule has 0 saturated heterocycles. The van der Waals surface area contributed by atoms with Crippen LogP contribution in [0.5, 0.6) is 0 Å². The molecule has 0 aromatic heterocycles. The van der Waals surface area contributed by atoms with Gasteiger partial charge in [0.2, 0.25) is 0 Å². The van der Waals surface area contributed by atoms with Crippen LogP contribution >= 0.6 is 0 Å². The molecule has 0 saturated carbocycles. The first-order valence-electron chi connectivity index (χ1n) is 9.43. The van der Waals surface area contributed by atoms with E-state index in [0.717, 1.165) is 29.7 Å². The molecule has 0 heterocycles. The third kappa shape index (κ3) is 8.37. The number of carbonyl (C=O) groups is 2. The summed E-state index contributed by atoms with van der Waals surface area (Å²) in [6.07, 6.45) is 0. The highest BCUT2D eigenvalue weighted by Gasteiger charge is 2.36. The molecule has 0 aliphatic rings. The SMILES string of the molecule is CC(=O)OCC(C)(CO)C(=O)OCc1ccc(C[N+](C)(C)CCN(C)C)cc1. The number of aliphatic hydroxyl groups excluding tert-OH is 1. The van der Waals surface area contributed by atoms with Crippen LogP contribution in [0.1, 0.15) is 25.0 Å². The van der Waals surface area contributed by atoms with Crippen molar-refractivity contribution in [1.29, 1.82) is 0 Å². The first kappa shape index (κ1) is 24.1. The number of rotatable bonds is 11. The minimum absolute atomic E-state index is 0.105. The fourth-order valence-electron chi connectivity index (χ4n) is 2.54. The smallest absolute Gasteiger partial charge is 0.317 e. The van der Waals surface area contributed by atoms with E-state index in [4.69, 9.17) is 9.47 Å². The number of benzene rings is 1. The van der Waals surface area contributed by atoms with Gasteiger partial charge in [0.25, 0.3) is 0 Å². The van der Waals surface area contributed by atoms with Gasteiger partial charge >= 0.3 is 11.9 Å². The fourth-order valence-corrected chi connectivity index (χ4v) is 2.54. The standard InChI is InChI=1S/C21H35N2O5/c1-17(25)28-16-21(2,15-24)20(26)27-14-19-9-7-18(8-10-19)13-23(5,6)12-11-22(3)4/h7-10,24H,11-16H2,1-6H3/q+1. The van der Waals surface area contributed by atoms with Crippen molar-refractivity contribution in [1.82, 2.24) is 4.90 Å². The van der Waals surface area contributed by atoms with E-state index in [-0.39, 0.29) is 13.2 Å². The maximum absolute atomic E-state index is 12.3. The second-order valence-corrected chi connectivity index (χ2v) is 8.51. The first-order chi connectivity index (χ1) is 13.0. The molecule has 0 amide bonds. The number of hydrogen-bond acceptors (Lipinski definition) is 6. The number of ether oxygens (including phenoxy) is 2. The molecule has 0 bridgehead atoms. The van der Waals surface area contributed by atoms with Crippen LogP contribution in [0.4, 0.5) is 0 Å². The van der Waals surface area contributed by atoms with E-state index in [0.29, 0.717) is 0 Å². The van der Waals surface area contributed by atoms with Crippen molar-refractivity contribution in [2.75, 3.05) is 54.5 Å². The van der Waals surface area contributed by atoms with E-state index in [1.54, 1.807) is 0 Å². The molecule has 1 rings (SSSR count). The van der Waals surface area contributed by atoms with E-state index >= 15 is 0 Å². The molecule has 1 N–H and O–H groups in total. The highest BCUT2D eigenvalue weighted by molar-refractivity contribution is 5.77. The molecule has 7 nitrogen and oxygen atoms in total. The Morgan fingerprint density at radius 3 is 2.18 bits per heavy atom. The fraction of sp³-hybridized carbons (Fsp3) is 0.619. The second kappa shape index (κ2) is 10.5. The van der Waals surface area contributed by atoms with Crippen LogP contribution in [0, 0.1) is 5.41 Å². The maximum atomic E-state index is 12.3. The molecular weight excluding hydrogens is 360 g/mol. The molecule has 0 aliphatic carbocycles. The summed E-state index contributed by atoms with van der Waals surface area (Å²) < 4.78 is 11.1. The van der Waals surface area contributed by atoms with E-state index in [9.17, 15) is 14.7 Å². The molecule has 0 radical (unpaired) electrons. The summed E-state index contributed by atoms with van der Waals surface area (Å²) in [5.41, 5.74) is 0.817. The second-order valence-electron chi connectivity index (χ2n) is 8.51. The Kier molecular flexibility index (Phi) is 9.07. The number of aliphatic hydroxyl groups is 1. The zero-order valence-corrected chi connectivity index (χ0v) is 18.0. The Labute approximate surface area is 168 Å². The first-order valence-corrected chi connectivity index (χ1v) is 9.43. The summed E-state index contributed by atoms with van der Waals surface area (Å²) in [7, 11) is 8.56. The monoisotopic (exact) mass is 395 g/mol. The van der Waals surface area contributed by atoms with Gasteiger partial charge in [-0.05, 0) is 26.6 Å². The third-order valence-corrected chi connectivity index (χ3v) is 4.59. The molecule has 158 valence electrons. The lowest BCUT2D eigenvalue weighted by Gasteiger charge is -2.31. The van der Waals surface area contributed by atoms with Crippen molar-refractivity contribution in [2.24, 2.45) is 5.41 Å². The minimum atomic E-state index is -1.26. The van der Waals surface area contributed by atoms with Gasteiger partial charge in [0.15, 0.2) is 0 Å². The predicted molar refractivity (Wildman–Crippen MR) is 107 cm³/mol. The van der Waals surface area contributed by atoms with Crippen molar-refractivity contribution < 1.29 is 28.7 Å². The molecule has 1 atom stereocenters. The number of likely N-dealkylation sites (N-methyl/N-ethyl adjacent to an activating group) is 2. The molecule has 28 heavy (non-hydrogen) atoms. The molecular formula is C21H35N2O5+. The highest BCUT2D eigenvalue weighted by Crippen LogP contribution is 2.20. The summed E-state index contributed by atoms with van der Waals surface area (Å²) in [6.45, 7) is 5.19. The van der Waals surface area contributed by atoms with Crippen LogP contribution in [-0.2, 0) is 32.2 Å². The van der Waals surface area contributed by atoms with Gasteiger partial charge < -0.3 is 24.0 Å². The largest absolute Gasteiger partial charge is 0.465 e. The average molecular weight is 396 g/mol. The number of quaternary nitrogens is 1. The minimum Gasteiger partial charge on any atom is -0.465 e. The third-order valence-electron chi connectivity index (χ3n) is 4.59. The topological polar surface area (TPSA) is 76.1 Å². The van der Waals surface area contributed by atoms with E-state index < -0.39 is 24.0 Å². The van der Waals surface area contributed by atoms with Gasteiger partial charge in [0.1, 0.15) is 25.2 Å². The summed E-state index contributed by atoms with van der Waals surface area (Å²) in [4.78, 5) is 25.4. The molecule has 0 fully saturated rings. The molecule has 7 heteroatoms. The van der Waals surface area contributed by atoms with E-state index in [1.807, 2.05) is 24.3 Å². The van der Waals surface area contributed by atoms with Crippen LogP contribution < -0.4 is 0 Å². The zero-order chi connectivity index (χ0) is 21.4. The Hall–Kier alpha value is -1.96. The normalized spacial score (nSPS) is 13.9. The van der Waals surface area contributed by atoms with Gasteiger partial charge in [0, 0.05) is 19.0 Å². The van der Waals surface area contributed by atoms with Gasteiger partial charge in [-0.1, -0.05) is 24.3 Å². The lowest BCUT2D eigenvalue weighted by Crippen LogP contribution is -2.43. The van der Waals surface area contributed by atoms with Crippen LogP contribution in [0.25, 0.3) is 0 Å². The summed E-state index contributed by atoms with van der Waals surface area (Å²) in [5, 5.41) is 9.49. The average Bonchev–Trinajstić information content (AvgIpc) is 2.63. The maximum Gasteiger partial charge on any atom is 0.317 e. The lowest BCUT2D eigenvalue weighted by molar-refractivity contribution is -0.903. The van der Waals surface area contributed by atoms with Crippen LogP contribution in [0.2, 0.25) is 0 Å². The Bertz CT molecular complexity index is 643. The Balaban J connectivity index is 2.60. The summed E-state index contributed by atoms with van der Waals surface area (Å²) >= 11 is 0. The van der Waals surface area contributed by atoms with Crippen molar-refractivity contribution in [2.45, 2.75) is 27.0 Å². The summed E-state index contributed by atoms with van der Waals surface area (Å²) in [5.74, 6) is -1.10. The van der Waals surface area contributed by atoms with Crippen LogP contribution in [0.3, 0.4) is 0 Å². The molecule has 0 spiro atoms. The summed E-state index contributed by atoms with van der Waals surface area (Å²) in [6, 6.07) is 7.97. The number of esters is 2. The number of hydrogen-bond donors (Lipinski definition) is 1. The molecule has 1 aromatic rings. The number of nitrogens with zero attached hydrogens (tertiary/aromatic N) is 2. The van der Waals surface area contributed by atoms with E-state index in [2.05, 4.69) is 33.1 Å². The van der Waals surface area contributed by atoms with Crippen molar-refractivity contribution >= 4 is 11.9 Å². The van der Waals surface area contributed by atoms with Crippen molar-refractivity contribution in [3.05, 3.63) is 35.4 Å². The lowest BCUT2D eigenvalue weighted by atomic mass is 9.93. The van der Waals surface area contributed by atoms with Crippen molar-refractivity contribution in [3.8, 4) is 0 Å². The predicted octanol–water partition coefficient (Wildman–Crippen LogP) is 1.43. The van der Waals surface area contributed by atoms with Gasteiger partial charge in [-0.25, -0.2) is 0 Å². The number of carbonyl (C=O) groups excluding carboxylic acids is 2. The van der Waals surface area contributed by atoms with Crippen LogP contribution in [-0.4, -0.2) is 80.9 Å². The van der Waals surface area contributed by atoms with Gasteiger partial charge in [-0.2, -0.15) is 0 Å². The van der Waals surface area contributed by atoms with E-state index in [1.165, 1.54) is 19.4 Å². The van der Waals surface area contributed by atoms with Crippen molar-refractivity contribution in [3.63, 3.8) is 0 Å². The Morgan fingerprint density at radius 1 is 1.11 bits per heavy atom. The molecule has 1 aromatic carbocycles.